The zero-order chi connectivity index (χ0) is 19.5. The van der Waals surface area contributed by atoms with Crippen molar-refractivity contribution in [3.8, 4) is 5.69 Å². The number of carboxylic acid groups (broad SMARTS) is 1. The predicted octanol–water partition coefficient (Wildman–Crippen LogP) is 3.96. The zero-order valence-corrected chi connectivity index (χ0v) is 14.2. The third-order valence-corrected chi connectivity index (χ3v) is 3.59. The Morgan fingerprint density at radius 3 is 2.58 bits per heavy atom. The van der Waals surface area contributed by atoms with Gasteiger partial charge in [0.2, 0.25) is 5.91 Å². The summed E-state index contributed by atoms with van der Waals surface area (Å²) in [5, 5.41) is 15.1. The molecule has 0 aliphatic carbocycles. The summed E-state index contributed by atoms with van der Waals surface area (Å²) in [6.07, 6.45) is -3.27. The van der Waals surface area contributed by atoms with Crippen LogP contribution in [0.15, 0.2) is 30.5 Å². The summed E-state index contributed by atoms with van der Waals surface area (Å²) >= 11 is 0. The average Bonchev–Trinajstić information content (AvgIpc) is 2.99. The van der Waals surface area contributed by atoms with E-state index >= 15 is 0 Å². The number of carbonyl (C=O) groups is 2. The first-order valence-electron chi connectivity index (χ1n) is 7.88. The van der Waals surface area contributed by atoms with E-state index in [0.29, 0.717) is 35.3 Å². The van der Waals surface area contributed by atoms with Gasteiger partial charge in [0.1, 0.15) is 5.56 Å². The molecule has 0 aliphatic rings. The highest BCUT2D eigenvalue weighted by molar-refractivity contribution is 5.91. The van der Waals surface area contributed by atoms with E-state index < -0.39 is 23.4 Å². The molecule has 0 bridgehead atoms. The number of aromatic carboxylic acids is 1. The molecule has 2 aromatic rings. The second-order valence-electron chi connectivity index (χ2n) is 6.15. The minimum atomic E-state index is -4.90. The number of carbonyl (C=O) groups excluding carboxylic acids is 1. The molecule has 0 radical (unpaired) electrons. The minimum Gasteiger partial charge on any atom is -0.478 e. The molecular formula is C17H18F3N3O3. The van der Waals surface area contributed by atoms with Gasteiger partial charge < -0.3 is 10.4 Å². The molecule has 140 valence electrons. The van der Waals surface area contributed by atoms with Gasteiger partial charge in [-0.25, -0.2) is 9.48 Å². The molecule has 9 heteroatoms. The van der Waals surface area contributed by atoms with Crippen molar-refractivity contribution in [1.82, 2.24) is 9.78 Å². The van der Waals surface area contributed by atoms with Gasteiger partial charge in [-0.15, -0.1) is 0 Å². The second kappa shape index (κ2) is 7.59. The van der Waals surface area contributed by atoms with Crippen LogP contribution < -0.4 is 5.32 Å². The smallest absolute Gasteiger partial charge is 0.434 e. The van der Waals surface area contributed by atoms with Gasteiger partial charge in [-0.05, 0) is 30.5 Å². The number of nitrogens with zero attached hydrogens (tertiary/aromatic N) is 2. The van der Waals surface area contributed by atoms with Crippen molar-refractivity contribution in [3.05, 3.63) is 41.7 Å². The van der Waals surface area contributed by atoms with E-state index in [1.54, 1.807) is 0 Å². The summed E-state index contributed by atoms with van der Waals surface area (Å²) in [6.45, 7) is 3.95. The molecule has 0 aliphatic heterocycles. The van der Waals surface area contributed by atoms with Crippen LogP contribution in [0.4, 0.5) is 18.9 Å². The lowest BCUT2D eigenvalue weighted by Crippen LogP contribution is -2.17. The molecule has 1 heterocycles. The Bertz CT molecular complexity index is 813. The summed E-state index contributed by atoms with van der Waals surface area (Å²) in [7, 11) is 0. The van der Waals surface area contributed by atoms with Crippen molar-refractivity contribution in [3.63, 3.8) is 0 Å². The Morgan fingerprint density at radius 2 is 2.00 bits per heavy atom. The standard InChI is InChI=1S/C17H18F3N3O3/c1-10(2)6-7-14(24)22-11-4-3-5-12(8-11)23-15(17(18,19)20)13(9-21-23)16(25)26/h3-5,8-10H,6-7H2,1-2H3,(H,22,24)(H,25,26). The molecule has 1 amide bonds. The number of hydrogen-bond donors (Lipinski definition) is 2. The second-order valence-corrected chi connectivity index (χ2v) is 6.15. The van der Waals surface area contributed by atoms with Crippen LogP contribution in [0.5, 0.6) is 0 Å². The number of anilines is 1. The van der Waals surface area contributed by atoms with Crippen LogP contribution in [0.2, 0.25) is 0 Å². The molecule has 2 N–H and O–H groups in total. The van der Waals surface area contributed by atoms with E-state index in [1.807, 2.05) is 13.8 Å². The van der Waals surface area contributed by atoms with Gasteiger partial charge in [-0.2, -0.15) is 18.3 Å². The Labute approximate surface area is 147 Å². The van der Waals surface area contributed by atoms with Crippen LogP contribution in [-0.4, -0.2) is 26.8 Å². The molecule has 0 unspecified atom stereocenters. The molecule has 26 heavy (non-hydrogen) atoms. The van der Waals surface area contributed by atoms with E-state index in [2.05, 4.69) is 10.4 Å². The Kier molecular flexibility index (Phi) is 5.69. The Hall–Kier alpha value is -2.84. The third kappa shape index (κ3) is 4.62. The fraction of sp³-hybridized carbons (Fsp3) is 0.353. The van der Waals surface area contributed by atoms with Gasteiger partial charge in [0.05, 0.1) is 11.9 Å². The normalized spacial score (nSPS) is 11.6. The fourth-order valence-electron chi connectivity index (χ4n) is 2.33. The highest BCUT2D eigenvalue weighted by Crippen LogP contribution is 2.34. The third-order valence-electron chi connectivity index (χ3n) is 3.59. The molecular weight excluding hydrogens is 351 g/mol. The van der Waals surface area contributed by atoms with E-state index in [0.717, 1.165) is 0 Å². The summed E-state index contributed by atoms with van der Waals surface area (Å²) in [5.74, 6) is -1.62. The maximum atomic E-state index is 13.3. The lowest BCUT2D eigenvalue weighted by molar-refractivity contribution is -0.143. The maximum absolute atomic E-state index is 13.3. The van der Waals surface area contributed by atoms with Crippen LogP contribution in [0.3, 0.4) is 0 Å². The first-order chi connectivity index (χ1) is 12.1. The lowest BCUT2D eigenvalue weighted by atomic mass is 10.1. The number of halogens is 3. The van der Waals surface area contributed by atoms with Crippen LogP contribution >= 0.6 is 0 Å². The van der Waals surface area contributed by atoms with Crippen LogP contribution in [-0.2, 0) is 11.0 Å². The first kappa shape index (κ1) is 19.5. The zero-order valence-electron chi connectivity index (χ0n) is 14.2. The van der Waals surface area contributed by atoms with Crippen molar-refractivity contribution in [2.24, 2.45) is 5.92 Å². The number of rotatable bonds is 6. The fourth-order valence-corrected chi connectivity index (χ4v) is 2.33. The monoisotopic (exact) mass is 369 g/mol. The molecule has 0 atom stereocenters. The van der Waals surface area contributed by atoms with Gasteiger partial charge in [0.15, 0.2) is 5.69 Å². The van der Waals surface area contributed by atoms with Crippen molar-refractivity contribution < 1.29 is 27.9 Å². The van der Waals surface area contributed by atoms with Gasteiger partial charge in [-0.1, -0.05) is 19.9 Å². The number of aromatic nitrogens is 2. The maximum Gasteiger partial charge on any atom is 0.434 e. The SMILES string of the molecule is CC(C)CCC(=O)Nc1cccc(-n2ncc(C(=O)O)c2C(F)(F)F)c1. The van der Waals surface area contributed by atoms with E-state index in [-0.39, 0.29) is 11.6 Å². The Balaban J connectivity index is 2.34. The first-order valence-corrected chi connectivity index (χ1v) is 7.88. The lowest BCUT2D eigenvalue weighted by Gasteiger charge is -2.13. The molecule has 0 fully saturated rings. The minimum absolute atomic E-state index is 0.00788. The summed E-state index contributed by atoms with van der Waals surface area (Å²) in [4.78, 5) is 22.9. The molecule has 2 rings (SSSR count). The largest absolute Gasteiger partial charge is 0.478 e. The average molecular weight is 369 g/mol. The van der Waals surface area contributed by atoms with Crippen molar-refractivity contribution in [2.75, 3.05) is 5.32 Å². The number of alkyl halides is 3. The van der Waals surface area contributed by atoms with Crippen LogP contribution in [0.1, 0.15) is 42.7 Å². The van der Waals surface area contributed by atoms with Gasteiger partial charge in [0, 0.05) is 12.1 Å². The predicted molar refractivity (Wildman–Crippen MR) is 88.2 cm³/mol. The highest BCUT2D eigenvalue weighted by atomic mass is 19.4. The van der Waals surface area contributed by atoms with Gasteiger partial charge >= 0.3 is 12.1 Å². The Morgan fingerprint density at radius 1 is 1.31 bits per heavy atom. The number of hydrogen-bond acceptors (Lipinski definition) is 3. The molecule has 1 aromatic carbocycles. The summed E-state index contributed by atoms with van der Waals surface area (Å²) < 4.78 is 40.4. The van der Waals surface area contributed by atoms with Gasteiger partial charge in [-0.3, -0.25) is 4.79 Å². The number of amides is 1. The van der Waals surface area contributed by atoms with Crippen LogP contribution in [0, 0.1) is 5.92 Å². The molecule has 0 saturated heterocycles. The quantitative estimate of drug-likeness (QED) is 0.807. The number of benzene rings is 1. The highest BCUT2D eigenvalue weighted by Gasteiger charge is 2.40. The molecule has 0 saturated carbocycles. The van der Waals surface area contributed by atoms with E-state index in [1.165, 1.54) is 24.3 Å². The van der Waals surface area contributed by atoms with Gasteiger partial charge in [0.25, 0.3) is 0 Å². The number of nitrogens with one attached hydrogen (secondary N) is 1. The van der Waals surface area contributed by atoms with Crippen molar-refractivity contribution >= 4 is 17.6 Å². The van der Waals surface area contributed by atoms with E-state index in [4.69, 9.17) is 5.11 Å². The molecule has 1 aromatic heterocycles. The summed E-state index contributed by atoms with van der Waals surface area (Å²) in [5.41, 5.74) is -2.03. The van der Waals surface area contributed by atoms with Crippen molar-refractivity contribution in [1.29, 1.82) is 0 Å². The topological polar surface area (TPSA) is 84.2 Å². The molecule has 6 nitrogen and oxygen atoms in total. The summed E-state index contributed by atoms with van der Waals surface area (Å²) in [6, 6.07) is 5.64. The number of carboxylic acids is 1. The van der Waals surface area contributed by atoms with Crippen LogP contribution in [0.25, 0.3) is 5.69 Å². The molecule has 0 spiro atoms. The van der Waals surface area contributed by atoms with E-state index in [9.17, 15) is 22.8 Å². The van der Waals surface area contributed by atoms with Crippen molar-refractivity contribution in [2.45, 2.75) is 32.9 Å².